The van der Waals surface area contributed by atoms with E-state index in [9.17, 15) is 4.79 Å². The van der Waals surface area contributed by atoms with Crippen LogP contribution in [0.2, 0.25) is 5.15 Å². The van der Waals surface area contributed by atoms with Crippen molar-refractivity contribution in [1.82, 2.24) is 19.3 Å². The number of hydrogen-bond donors (Lipinski definition) is 1. The summed E-state index contributed by atoms with van der Waals surface area (Å²) in [5, 5.41) is 4.36. The highest BCUT2D eigenvalue weighted by atomic mass is 35.5. The zero-order chi connectivity index (χ0) is 13.3. The smallest absolute Gasteiger partial charge is 0.278 e. The van der Waals surface area contributed by atoms with Crippen LogP contribution in [0.25, 0.3) is 0 Å². The van der Waals surface area contributed by atoms with Gasteiger partial charge in [-0.3, -0.25) is 14.0 Å². The van der Waals surface area contributed by atoms with Crippen LogP contribution < -0.4 is 11.3 Å². The second kappa shape index (κ2) is 4.81. The lowest BCUT2D eigenvalue weighted by Gasteiger charge is -2.08. The van der Waals surface area contributed by atoms with Crippen molar-refractivity contribution in [2.45, 2.75) is 26.9 Å². The highest BCUT2D eigenvalue weighted by Crippen LogP contribution is 2.10. The molecule has 2 N–H and O–H groups in total. The largest absolute Gasteiger partial charge is 0.392 e. The number of hydrogen-bond acceptors (Lipinski definition) is 4. The Balaban J connectivity index is 2.40. The normalized spacial score (nSPS) is 10.8. The van der Waals surface area contributed by atoms with Crippen LogP contribution in [0.1, 0.15) is 18.3 Å². The summed E-state index contributed by atoms with van der Waals surface area (Å²) >= 11 is 5.68. The number of rotatable bonds is 3. The SMILES string of the molecule is CCn1nc(C)cc1Cn1cnc(Cl)c(N)c1=O. The topological polar surface area (TPSA) is 78.7 Å². The van der Waals surface area contributed by atoms with Crippen molar-refractivity contribution >= 4 is 17.3 Å². The molecule has 0 aliphatic heterocycles. The summed E-state index contributed by atoms with van der Waals surface area (Å²) in [4.78, 5) is 15.8. The van der Waals surface area contributed by atoms with Gasteiger partial charge in [0.1, 0.15) is 5.69 Å². The summed E-state index contributed by atoms with van der Waals surface area (Å²) in [6.45, 7) is 5.02. The minimum Gasteiger partial charge on any atom is -0.392 e. The van der Waals surface area contributed by atoms with Gasteiger partial charge in [0.2, 0.25) is 0 Å². The number of aromatic nitrogens is 4. The first kappa shape index (κ1) is 12.6. The molecule has 0 aromatic carbocycles. The average Bonchev–Trinajstić information content (AvgIpc) is 2.70. The number of halogens is 1. The monoisotopic (exact) mass is 267 g/mol. The third kappa shape index (κ3) is 2.24. The molecule has 6 nitrogen and oxygen atoms in total. The van der Waals surface area contributed by atoms with Gasteiger partial charge in [-0.05, 0) is 19.9 Å². The van der Waals surface area contributed by atoms with Crippen molar-refractivity contribution in [3.05, 3.63) is 39.3 Å². The fraction of sp³-hybridized carbons (Fsp3) is 0.364. The molecule has 0 saturated heterocycles. The standard InChI is InChI=1S/C11H14ClN5O/c1-3-17-8(4-7(2)15-17)5-16-6-14-10(12)9(13)11(16)18/h4,6H,3,5,13H2,1-2H3. The predicted octanol–water partition coefficient (Wildman–Crippen LogP) is 1.05. The minimum atomic E-state index is -0.337. The van der Waals surface area contributed by atoms with E-state index in [1.165, 1.54) is 10.9 Å². The van der Waals surface area contributed by atoms with Gasteiger partial charge in [-0.15, -0.1) is 0 Å². The van der Waals surface area contributed by atoms with E-state index < -0.39 is 0 Å². The van der Waals surface area contributed by atoms with Crippen molar-refractivity contribution in [2.75, 3.05) is 5.73 Å². The third-order valence-corrected chi connectivity index (χ3v) is 2.94. The van der Waals surface area contributed by atoms with Crippen molar-refractivity contribution in [2.24, 2.45) is 0 Å². The molecule has 0 aliphatic carbocycles. The van der Waals surface area contributed by atoms with Gasteiger partial charge in [-0.2, -0.15) is 5.10 Å². The maximum absolute atomic E-state index is 11.9. The van der Waals surface area contributed by atoms with E-state index >= 15 is 0 Å². The molecule has 96 valence electrons. The molecule has 0 bridgehead atoms. The van der Waals surface area contributed by atoms with Crippen molar-refractivity contribution in [3.8, 4) is 0 Å². The van der Waals surface area contributed by atoms with E-state index in [-0.39, 0.29) is 16.4 Å². The molecule has 0 radical (unpaired) electrons. The first-order chi connectivity index (χ1) is 8.52. The zero-order valence-corrected chi connectivity index (χ0v) is 11.0. The molecule has 0 atom stereocenters. The molecule has 2 rings (SSSR count). The molecule has 0 unspecified atom stereocenters. The summed E-state index contributed by atoms with van der Waals surface area (Å²) < 4.78 is 3.26. The summed E-state index contributed by atoms with van der Waals surface area (Å²) in [6, 6.07) is 1.93. The van der Waals surface area contributed by atoms with Crippen LogP contribution in [0, 0.1) is 6.92 Å². The van der Waals surface area contributed by atoms with Crippen LogP contribution in [0.15, 0.2) is 17.2 Å². The summed E-state index contributed by atoms with van der Waals surface area (Å²) in [6.07, 6.45) is 1.39. The Morgan fingerprint density at radius 1 is 1.50 bits per heavy atom. The molecule has 0 aliphatic rings. The first-order valence-corrected chi connectivity index (χ1v) is 5.94. The maximum atomic E-state index is 11.9. The van der Waals surface area contributed by atoms with E-state index in [1.54, 1.807) is 0 Å². The van der Waals surface area contributed by atoms with Crippen LogP contribution in [-0.2, 0) is 13.1 Å². The van der Waals surface area contributed by atoms with Crippen molar-refractivity contribution < 1.29 is 0 Å². The highest BCUT2D eigenvalue weighted by Gasteiger charge is 2.09. The van der Waals surface area contributed by atoms with Gasteiger partial charge in [0.15, 0.2) is 5.15 Å². The van der Waals surface area contributed by atoms with Gasteiger partial charge in [-0.25, -0.2) is 4.98 Å². The number of nitrogens with two attached hydrogens (primary N) is 1. The number of nitrogens with zero attached hydrogens (tertiary/aromatic N) is 4. The number of nitrogen functional groups attached to an aromatic ring is 1. The molecule has 2 heterocycles. The second-order valence-corrected chi connectivity index (χ2v) is 4.33. The van der Waals surface area contributed by atoms with Gasteiger partial charge in [0.05, 0.1) is 24.3 Å². The van der Waals surface area contributed by atoms with Gasteiger partial charge in [-0.1, -0.05) is 11.6 Å². The Morgan fingerprint density at radius 3 is 2.89 bits per heavy atom. The first-order valence-electron chi connectivity index (χ1n) is 5.56. The Morgan fingerprint density at radius 2 is 2.22 bits per heavy atom. The second-order valence-electron chi connectivity index (χ2n) is 3.97. The molecule has 0 saturated carbocycles. The molecule has 2 aromatic heterocycles. The van der Waals surface area contributed by atoms with Gasteiger partial charge in [0.25, 0.3) is 5.56 Å². The van der Waals surface area contributed by atoms with Crippen LogP contribution in [-0.4, -0.2) is 19.3 Å². The maximum Gasteiger partial charge on any atom is 0.278 e. The Hall–Kier alpha value is -1.82. The molecule has 7 heteroatoms. The van der Waals surface area contributed by atoms with Gasteiger partial charge < -0.3 is 5.73 Å². The van der Waals surface area contributed by atoms with Gasteiger partial charge >= 0.3 is 0 Å². The van der Waals surface area contributed by atoms with E-state index in [4.69, 9.17) is 17.3 Å². The lowest BCUT2D eigenvalue weighted by molar-refractivity contribution is 0.589. The Bertz CT molecular complexity index is 631. The lowest BCUT2D eigenvalue weighted by Crippen LogP contribution is -2.25. The zero-order valence-electron chi connectivity index (χ0n) is 10.2. The fourth-order valence-electron chi connectivity index (χ4n) is 1.77. The van der Waals surface area contributed by atoms with Crippen molar-refractivity contribution in [3.63, 3.8) is 0 Å². The molecule has 2 aromatic rings. The quantitative estimate of drug-likeness (QED) is 0.843. The summed E-state index contributed by atoms with van der Waals surface area (Å²) in [5.41, 5.74) is 7.04. The Labute approximate surface area is 109 Å². The van der Waals surface area contributed by atoms with E-state index in [1.807, 2.05) is 24.6 Å². The minimum absolute atomic E-state index is 0.0292. The molecule has 0 spiro atoms. The molecule has 0 fully saturated rings. The third-order valence-electron chi connectivity index (χ3n) is 2.64. The van der Waals surface area contributed by atoms with Crippen LogP contribution >= 0.6 is 11.6 Å². The molecular formula is C11H14ClN5O. The van der Waals surface area contributed by atoms with Crippen LogP contribution in [0.4, 0.5) is 5.69 Å². The van der Waals surface area contributed by atoms with Gasteiger partial charge in [0, 0.05) is 6.54 Å². The fourth-order valence-corrected chi connectivity index (χ4v) is 1.90. The summed E-state index contributed by atoms with van der Waals surface area (Å²) in [7, 11) is 0. The molecular weight excluding hydrogens is 254 g/mol. The highest BCUT2D eigenvalue weighted by molar-refractivity contribution is 6.31. The summed E-state index contributed by atoms with van der Waals surface area (Å²) in [5.74, 6) is 0. The van der Waals surface area contributed by atoms with Crippen LogP contribution in [0.3, 0.4) is 0 Å². The van der Waals surface area contributed by atoms with E-state index in [2.05, 4.69) is 10.1 Å². The number of anilines is 1. The lowest BCUT2D eigenvalue weighted by atomic mass is 10.3. The predicted molar refractivity (Wildman–Crippen MR) is 69.7 cm³/mol. The van der Waals surface area contributed by atoms with Crippen LogP contribution in [0.5, 0.6) is 0 Å². The molecule has 0 amide bonds. The average molecular weight is 268 g/mol. The van der Waals surface area contributed by atoms with E-state index in [0.717, 1.165) is 17.9 Å². The van der Waals surface area contributed by atoms with Crippen molar-refractivity contribution in [1.29, 1.82) is 0 Å². The molecule has 18 heavy (non-hydrogen) atoms. The van der Waals surface area contributed by atoms with E-state index in [0.29, 0.717) is 6.54 Å². The Kier molecular flexibility index (Phi) is 3.38. The number of aryl methyl sites for hydroxylation is 2.